The molecule has 0 bridgehead atoms. The zero-order valence-corrected chi connectivity index (χ0v) is 15.5. The summed E-state index contributed by atoms with van der Waals surface area (Å²) in [7, 11) is 1.68. The molecule has 1 aliphatic rings. The van der Waals surface area contributed by atoms with Gasteiger partial charge in [0.1, 0.15) is 12.0 Å². The molecular weight excluding hydrogens is 391 g/mol. The number of aliphatic hydroxyl groups excluding tert-OH is 1. The van der Waals surface area contributed by atoms with Gasteiger partial charge in [-0.15, -0.1) is 0 Å². The molecule has 0 saturated heterocycles. The minimum atomic E-state index is -0.472. The molecule has 0 fully saturated rings. The fraction of sp³-hybridized carbons (Fsp3) is 0.500. The Balaban J connectivity index is 2.21. The highest BCUT2D eigenvalue weighted by atomic mass is 127. The van der Waals surface area contributed by atoms with Gasteiger partial charge in [-0.3, -0.25) is 0 Å². The molecule has 1 aromatic rings. The zero-order valence-electron chi connectivity index (χ0n) is 13.3. The molecule has 0 unspecified atom stereocenters. The van der Waals surface area contributed by atoms with Crippen molar-refractivity contribution in [1.82, 2.24) is 0 Å². The minimum absolute atomic E-state index is 0.148. The monoisotopic (exact) mass is 414 g/mol. The first kappa shape index (κ1) is 17.5. The number of hydrogen-bond acceptors (Lipinski definition) is 3. The van der Waals surface area contributed by atoms with Gasteiger partial charge in [-0.05, 0) is 78.0 Å². The van der Waals surface area contributed by atoms with E-state index in [1.807, 2.05) is 19.9 Å². The number of hydrogen-bond donors (Lipinski definition) is 1. The summed E-state index contributed by atoms with van der Waals surface area (Å²) in [5.41, 5.74) is 1.85. The van der Waals surface area contributed by atoms with Crippen molar-refractivity contribution in [2.75, 3.05) is 7.11 Å². The van der Waals surface area contributed by atoms with E-state index in [-0.39, 0.29) is 5.92 Å². The van der Waals surface area contributed by atoms with E-state index in [4.69, 9.17) is 4.74 Å². The summed E-state index contributed by atoms with van der Waals surface area (Å²) in [5.74, 6) is 1.04. The van der Waals surface area contributed by atoms with E-state index in [2.05, 4.69) is 34.7 Å². The number of methoxy groups -OCH3 is 1. The number of carbonyl (C=O) groups is 1. The number of rotatable bonds is 5. The predicted molar refractivity (Wildman–Crippen MR) is 96.2 cm³/mol. The Morgan fingerprint density at radius 1 is 1.50 bits per heavy atom. The van der Waals surface area contributed by atoms with E-state index in [0.29, 0.717) is 6.42 Å². The number of ether oxygens (including phenoxy) is 1. The maximum atomic E-state index is 11.7. The lowest BCUT2D eigenvalue weighted by Gasteiger charge is -2.36. The van der Waals surface area contributed by atoms with Crippen molar-refractivity contribution in [2.45, 2.75) is 39.2 Å². The topological polar surface area (TPSA) is 46.5 Å². The van der Waals surface area contributed by atoms with Gasteiger partial charge in [0, 0.05) is 8.99 Å². The predicted octanol–water partition coefficient (Wildman–Crippen LogP) is 3.68. The molecule has 2 rings (SSSR count). The lowest BCUT2D eigenvalue weighted by atomic mass is 9.68. The van der Waals surface area contributed by atoms with Crippen LogP contribution in [0.5, 0.6) is 5.75 Å². The summed E-state index contributed by atoms with van der Waals surface area (Å²) in [6.07, 6.45) is 6.50. The van der Waals surface area contributed by atoms with E-state index < -0.39 is 11.5 Å². The molecule has 0 radical (unpaired) electrons. The second-order valence-corrected chi connectivity index (χ2v) is 7.37. The number of halogens is 1. The van der Waals surface area contributed by atoms with Crippen LogP contribution >= 0.6 is 22.6 Å². The Morgan fingerprint density at radius 3 is 2.82 bits per heavy atom. The number of allylic oxidation sites excluding steroid dienone is 1. The van der Waals surface area contributed by atoms with Crippen LogP contribution in [0.15, 0.2) is 24.3 Å². The van der Waals surface area contributed by atoms with Crippen LogP contribution in [0.3, 0.4) is 0 Å². The van der Waals surface area contributed by atoms with Crippen LogP contribution in [0.4, 0.5) is 0 Å². The normalized spacial score (nSPS) is 27.7. The van der Waals surface area contributed by atoms with Crippen molar-refractivity contribution >= 4 is 28.9 Å². The lowest BCUT2D eigenvalue weighted by Crippen LogP contribution is -2.35. The highest BCUT2D eigenvalue weighted by Crippen LogP contribution is 2.39. The van der Waals surface area contributed by atoms with E-state index in [1.54, 1.807) is 13.2 Å². The Kier molecular flexibility index (Phi) is 5.66. The van der Waals surface area contributed by atoms with Gasteiger partial charge in [-0.25, -0.2) is 0 Å². The van der Waals surface area contributed by atoms with Crippen LogP contribution in [0, 0.1) is 21.8 Å². The molecule has 3 nitrogen and oxygen atoms in total. The van der Waals surface area contributed by atoms with Gasteiger partial charge in [-0.2, -0.15) is 0 Å². The molecule has 1 aliphatic carbocycles. The average Bonchev–Trinajstić information content (AvgIpc) is 2.48. The lowest BCUT2D eigenvalue weighted by molar-refractivity contribution is -0.117. The van der Waals surface area contributed by atoms with Gasteiger partial charge >= 0.3 is 0 Å². The number of aliphatic hydroxyl groups is 1. The number of aryl methyl sites for hydroxylation is 2. The van der Waals surface area contributed by atoms with Gasteiger partial charge in [0.2, 0.25) is 0 Å². The van der Waals surface area contributed by atoms with E-state index in [1.165, 1.54) is 9.13 Å². The maximum absolute atomic E-state index is 11.7. The van der Waals surface area contributed by atoms with Gasteiger partial charge < -0.3 is 14.6 Å². The molecule has 22 heavy (non-hydrogen) atoms. The molecule has 1 aromatic carbocycles. The fourth-order valence-corrected chi connectivity index (χ4v) is 4.01. The first-order chi connectivity index (χ1) is 10.4. The third-order valence-electron chi connectivity index (χ3n) is 4.75. The molecule has 3 atom stereocenters. The number of aldehydes is 1. The van der Waals surface area contributed by atoms with Crippen molar-refractivity contribution < 1.29 is 14.6 Å². The molecule has 1 N–H and O–H groups in total. The van der Waals surface area contributed by atoms with Crippen molar-refractivity contribution in [3.05, 3.63) is 39.0 Å². The maximum Gasteiger partial charge on any atom is 0.130 e. The first-order valence-electron chi connectivity index (χ1n) is 7.58. The van der Waals surface area contributed by atoms with Gasteiger partial charge in [0.05, 0.1) is 13.2 Å². The molecule has 0 aliphatic heterocycles. The Labute approximate surface area is 145 Å². The molecule has 0 saturated carbocycles. The van der Waals surface area contributed by atoms with Crippen molar-refractivity contribution in [1.29, 1.82) is 0 Å². The molecule has 120 valence electrons. The Bertz CT molecular complexity index is 582. The van der Waals surface area contributed by atoms with Crippen LogP contribution in [0.2, 0.25) is 0 Å². The second kappa shape index (κ2) is 7.13. The second-order valence-electron chi connectivity index (χ2n) is 6.21. The van der Waals surface area contributed by atoms with Crippen LogP contribution in [-0.4, -0.2) is 24.6 Å². The number of carbonyl (C=O) groups excluding carboxylic acids is 1. The van der Waals surface area contributed by atoms with Gasteiger partial charge in [-0.1, -0.05) is 19.1 Å². The van der Waals surface area contributed by atoms with Crippen LogP contribution in [0.25, 0.3) is 0 Å². The summed E-state index contributed by atoms with van der Waals surface area (Å²) < 4.78 is 6.60. The third kappa shape index (κ3) is 3.54. The first-order valence-corrected chi connectivity index (χ1v) is 8.66. The highest BCUT2D eigenvalue weighted by molar-refractivity contribution is 14.1. The summed E-state index contributed by atoms with van der Waals surface area (Å²) in [6.45, 7) is 4.08. The summed E-state index contributed by atoms with van der Waals surface area (Å²) in [5, 5.41) is 9.72. The summed E-state index contributed by atoms with van der Waals surface area (Å²) >= 11 is 2.34. The number of benzene rings is 1. The third-order valence-corrected chi connectivity index (χ3v) is 5.76. The van der Waals surface area contributed by atoms with E-state index in [9.17, 15) is 9.90 Å². The Hall–Kier alpha value is -0.880. The van der Waals surface area contributed by atoms with Crippen molar-refractivity contribution in [2.24, 2.45) is 11.3 Å². The van der Waals surface area contributed by atoms with Crippen molar-refractivity contribution in [3.8, 4) is 5.75 Å². The zero-order chi connectivity index (χ0) is 16.3. The van der Waals surface area contributed by atoms with Crippen LogP contribution in [-0.2, 0) is 11.2 Å². The fourth-order valence-electron chi connectivity index (χ4n) is 3.12. The SMILES string of the molecule is COc1cc(CC[C@]2(C=O)C=C[C@@H](O)C[C@H]2C)c(I)cc1C. The molecular formula is C18H23IO3. The standard InChI is InChI=1S/C18H23IO3/c1-12-8-16(19)14(10-17(12)22-3)4-6-18(11-20)7-5-15(21)9-13(18)2/h5,7-8,10-11,13,15,21H,4,6,9H2,1-3H3/t13-,15-,18-/m1/s1. The van der Waals surface area contributed by atoms with Crippen LogP contribution in [0.1, 0.15) is 30.9 Å². The van der Waals surface area contributed by atoms with Gasteiger partial charge in [0.15, 0.2) is 0 Å². The summed E-state index contributed by atoms with van der Waals surface area (Å²) in [4.78, 5) is 11.7. The smallest absolute Gasteiger partial charge is 0.130 e. The molecule has 0 heterocycles. The quantitative estimate of drug-likeness (QED) is 0.454. The summed E-state index contributed by atoms with van der Waals surface area (Å²) in [6, 6.07) is 4.19. The largest absolute Gasteiger partial charge is 0.496 e. The highest BCUT2D eigenvalue weighted by Gasteiger charge is 2.37. The molecule has 0 amide bonds. The minimum Gasteiger partial charge on any atom is -0.496 e. The van der Waals surface area contributed by atoms with E-state index >= 15 is 0 Å². The van der Waals surface area contributed by atoms with E-state index in [0.717, 1.165) is 30.4 Å². The van der Waals surface area contributed by atoms with Crippen molar-refractivity contribution in [3.63, 3.8) is 0 Å². The molecule has 0 spiro atoms. The molecule has 4 heteroatoms. The molecule has 0 aromatic heterocycles. The van der Waals surface area contributed by atoms with Crippen LogP contribution < -0.4 is 4.74 Å². The Morgan fingerprint density at radius 2 is 2.23 bits per heavy atom. The van der Waals surface area contributed by atoms with Gasteiger partial charge in [0.25, 0.3) is 0 Å². The average molecular weight is 414 g/mol.